The van der Waals surface area contributed by atoms with Crippen LogP contribution in [0.1, 0.15) is 33.6 Å². The van der Waals surface area contributed by atoms with Crippen LogP contribution < -0.4 is 0 Å². The number of hydrogen-bond acceptors (Lipinski definition) is 1. The van der Waals surface area contributed by atoms with Gasteiger partial charge in [0.25, 0.3) is 0 Å². The number of amides is 1. The molecule has 0 rings (SSSR count). The van der Waals surface area contributed by atoms with Gasteiger partial charge in [-0.1, -0.05) is 27.2 Å². The van der Waals surface area contributed by atoms with Gasteiger partial charge in [-0.2, -0.15) is 0 Å². The molecule has 57 valence electrons. The summed E-state index contributed by atoms with van der Waals surface area (Å²) in [6.45, 7) is 5.80. The van der Waals surface area contributed by atoms with Crippen LogP contribution >= 0.6 is 0 Å². The standard InChI is InChI=1S/C7H15NO.Y/c1-4-6(3)8-7(9)5-2;/h6H,4-5H2,1-3H3,(H,8,9);/p-1. The predicted molar refractivity (Wildman–Crippen MR) is 38.4 cm³/mol. The first-order chi connectivity index (χ1) is 4.20. The van der Waals surface area contributed by atoms with Gasteiger partial charge in [-0.3, -0.25) is 0 Å². The monoisotopic (exact) mass is 217 g/mol. The van der Waals surface area contributed by atoms with E-state index in [4.69, 9.17) is 0 Å². The zero-order valence-corrected chi connectivity index (χ0v) is 9.76. The van der Waals surface area contributed by atoms with Gasteiger partial charge in [-0.25, -0.2) is 0 Å². The second kappa shape index (κ2) is 7.68. The Morgan fingerprint density at radius 1 is 1.50 bits per heavy atom. The number of rotatable bonds is 3. The van der Waals surface area contributed by atoms with Crippen molar-refractivity contribution in [2.24, 2.45) is 0 Å². The molecule has 0 aromatic carbocycles. The van der Waals surface area contributed by atoms with Crippen LogP contribution in [-0.2, 0) is 37.5 Å². The van der Waals surface area contributed by atoms with Gasteiger partial charge in [0.05, 0.1) is 5.91 Å². The number of carbonyl (C=O) groups is 1. The van der Waals surface area contributed by atoms with Crippen LogP contribution in [0.4, 0.5) is 0 Å². The molecule has 10 heavy (non-hydrogen) atoms. The average molecular weight is 217 g/mol. The number of hydrogen-bond donors (Lipinski definition) is 0. The van der Waals surface area contributed by atoms with Crippen LogP contribution in [0.25, 0.3) is 5.32 Å². The summed E-state index contributed by atoms with van der Waals surface area (Å²) < 4.78 is 0. The Labute approximate surface area is 88.0 Å². The third kappa shape index (κ3) is 6.69. The second-order valence-corrected chi connectivity index (χ2v) is 2.13. The second-order valence-electron chi connectivity index (χ2n) is 2.13. The van der Waals surface area contributed by atoms with Gasteiger partial charge < -0.3 is 10.1 Å². The first-order valence-corrected chi connectivity index (χ1v) is 3.44. The SMILES string of the molecule is CCC(=O)[N-]C(C)CC.[Y]. The third-order valence-corrected chi connectivity index (χ3v) is 1.26. The van der Waals surface area contributed by atoms with Gasteiger partial charge in [-0.15, -0.1) is 6.04 Å². The fourth-order valence-corrected chi connectivity index (χ4v) is 0.428. The summed E-state index contributed by atoms with van der Waals surface area (Å²) >= 11 is 0. The number of nitrogens with zero attached hydrogens (tertiary/aromatic N) is 1. The van der Waals surface area contributed by atoms with Crippen molar-refractivity contribution in [3.8, 4) is 0 Å². The van der Waals surface area contributed by atoms with Crippen LogP contribution in [0.15, 0.2) is 0 Å². The molecule has 0 N–H and O–H groups in total. The van der Waals surface area contributed by atoms with Crippen LogP contribution in [0.3, 0.4) is 0 Å². The summed E-state index contributed by atoms with van der Waals surface area (Å²) in [6.07, 6.45) is 1.48. The molecule has 3 heteroatoms. The molecular weight excluding hydrogens is 203 g/mol. The van der Waals surface area contributed by atoms with Crippen molar-refractivity contribution >= 4 is 5.91 Å². The normalized spacial score (nSPS) is 11.5. The molecule has 1 amide bonds. The number of carbonyl (C=O) groups excluding carboxylic acids is 1. The topological polar surface area (TPSA) is 31.2 Å². The molecule has 1 atom stereocenters. The summed E-state index contributed by atoms with van der Waals surface area (Å²) in [7, 11) is 0. The van der Waals surface area contributed by atoms with Gasteiger partial charge in [0.2, 0.25) is 0 Å². The Hall–Kier alpha value is 0.574. The molecule has 0 spiro atoms. The van der Waals surface area contributed by atoms with Gasteiger partial charge >= 0.3 is 0 Å². The summed E-state index contributed by atoms with van der Waals surface area (Å²) in [5.41, 5.74) is 0. The minimum atomic E-state index is 0. The van der Waals surface area contributed by atoms with Gasteiger partial charge in [0.15, 0.2) is 0 Å². The fraction of sp³-hybridized carbons (Fsp3) is 0.857. The van der Waals surface area contributed by atoms with Crippen molar-refractivity contribution in [3.63, 3.8) is 0 Å². The molecule has 0 heterocycles. The summed E-state index contributed by atoms with van der Waals surface area (Å²) in [5.74, 6) is 0.0179. The van der Waals surface area contributed by atoms with E-state index >= 15 is 0 Å². The van der Waals surface area contributed by atoms with Gasteiger partial charge in [0, 0.05) is 32.7 Å². The molecule has 1 unspecified atom stereocenters. The minimum absolute atomic E-state index is 0. The molecular formula is C7H14NOY-. The van der Waals surface area contributed by atoms with E-state index in [1.54, 1.807) is 0 Å². The van der Waals surface area contributed by atoms with Crippen molar-refractivity contribution in [2.75, 3.05) is 0 Å². The summed E-state index contributed by atoms with van der Waals surface area (Å²) in [6, 6.07) is 0.206. The van der Waals surface area contributed by atoms with Crippen molar-refractivity contribution in [2.45, 2.75) is 39.7 Å². The van der Waals surface area contributed by atoms with Crippen molar-refractivity contribution in [3.05, 3.63) is 5.32 Å². The van der Waals surface area contributed by atoms with Gasteiger partial charge in [0.1, 0.15) is 0 Å². The van der Waals surface area contributed by atoms with Crippen molar-refractivity contribution < 1.29 is 37.5 Å². The van der Waals surface area contributed by atoms with Crippen LogP contribution in [-0.4, -0.2) is 11.9 Å². The largest absolute Gasteiger partial charge is 0.651 e. The van der Waals surface area contributed by atoms with Crippen LogP contribution in [0.5, 0.6) is 0 Å². The van der Waals surface area contributed by atoms with E-state index < -0.39 is 0 Å². The quantitative estimate of drug-likeness (QED) is 0.712. The van der Waals surface area contributed by atoms with Crippen LogP contribution in [0, 0.1) is 0 Å². The van der Waals surface area contributed by atoms with Crippen molar-refractivity contribution in [1.29, 1.82) is 0 Å². The Morgan fingerprint density at radius 3 is 2.30 bits per heavy atom. The Morgan fingerprint density at radius 2 is 2.00 bits per heavy atom. The molecule has 0 aliphatic rings. The van der Waals surface area contributed by atoms with Gasteiger partial charge in [-0.05, 0) is 6.42 Å². The van der Waals surface area contributed by atoms with E-state index in [1.807, 2.05) is 20.8 Å². The molecule has 0 saturated heterocycles. The van der Waals surface area contributed by atoms with Crippen molar-refractivity contribution in [1.82, 2.24) is 0 Å². The third-order valence-electron chi connectivity index (χ3n) is 1.26. The zero-order chi connectivity index (χ0) is 7.28. The summed E-state index contributed by atoms with van der Waals surface area (Å²) in [5, 5.41) is 3.88. The Kier molecular flexibility index (Phi) is 10.1. The van der Waals surface area contributed by atoms with E-state index in [-0.39, 0.29) is 44.7 Å². The Balaban J connectivity index is 0. The Bertz CT molecular complexity index is 95.6. The zero-order valence-electron chi connectivity index (χ0n) is 6.92. The molecule has 0 aliphatic heterocycles. The van der Waals surface area contributed by atoms with E-state index in [0.717, 1.165) is 6.42 Å². The average Bonchev–Trinajstić information content (AvgIpc) is 1.87. The maximum Gasteiger partial charge on any atom is 0.0510 e. The smallest absolute Gasteiger partial charge is 0.0510 e. The maximum absolute atomic E-state index is 10.6. The van der Waals surface area contributed by atoms with Crippen LogP contribution in [0.2, 0.25) is 0 Å². The van der Waals surface area contributed by atoms with E-state index in [1.165, 1.54) is 0 Å². The predicted octanol–water partition coefficient (Wildman–Crippen LogP) is 2.09. The first-order valence-electron chi connectivity index (χ1n) is 3.44. The molecule has 0 fully saturated rings. The fourth-order valence-electron chi connectivity index (χ4n) is 0.428. The molecule has 2 nitrogen and oxygen atoms in total. The molecule has 0 aliphatic carbocycles. The van der Waals surface area contributed by atoms with E-state index in [2.05, 4.69) is 5.32 Å². The molecule has 1 radical (unpaired) electrons. The minimum Gasteiger partial charge on any atom is -0.651 e. The summed E-state index contributed by atoms with van der Waals surface area (Å²) in [4.78, 5) is 10.6. The molecule has 0 bridgehead atoms. The first kappa shape index (κ1) is 13.2. The molecule has 0 aromatic rings. The molecule has 0 aromatic heterocycles. The maximum atomic E-state index is 10.6. The van der Waals surface area contributed by atoms with E-state index in [9.17, 15) is 4.79 Å². The molecule has 0 saturated carbocycles. The van der Waals surface area contributed by atoms with E-state index in [0.29, 0.717) is 6.42 Å².